The number of methoxy groups -OCH3 is 1. The standard InChI is InChI=1S/C11H11NOS/c1-7-8-5-3-4-6-9(8)12-10(7)11(14)13-2/h3-6,12H,1-2H3. The van der Waals surface area contributed by atoms with Gasteiger partial charge in [-0.05, 0) is 30.8 Å². The van der Waals surface area contributed by atoms with E-state index in [1.165, 1.54) is 5.39 Å². The third-order valence-corrected chi connectivity index (χ3v) is 2.73. The summed E-state index contributed by atoms with van der Waals surface area (Å²) in [4.78, 5) is 3.25. The SMILES string of the molecule is COC(=S)c1[nH]c2ccccc2c1C. The molecule has 0 saturated heterocycles. The van der Waals surface area contributed by atoms with Crippen LogP contribution in [-0.2, 0) is 4.74 Å². The van der Waals surface area contributed by atoms with Gasteiger partial charge in [-0.3, -0.25) is 0 Å². The van der Waals surface area contributed by atoms with Crippen molar-refractivity contribution >= 4 is 28.2 Å². The maximum Gasteiger partial charge on any atom is 0.207 e. The van der Waals surface area contributed by atoms with Crippen molar-refractivity contribution in [2.45, 2.75) is 6.92 Å². The summed E-state index contributed by atoms with van der Waals surface area (Å²) in [5, 5.41) is 1.71. The fourth-order valence-corrected chi connectivity index (χ4v) is 1.79. The van der Waals surface area contributed by atoms with Crippen LogP contribution in [0.2, 0.25) is 0 Å². The minimum Gasteiger partial charge on any atom is -0.485 e. The van der Waals surface area contributed by atoms with Crippen LogP contribution in [0.4, 0.5) is 0 Å². The molecule has 1 N–H and O–H groups in total. The van der Waals surface area contributed by atoms with Gasteiger partial charge in [-0.1, -0.05) is 18.2 Å². The summed E-state index contributed by atoms with van der Waals surface area (Å²) in [5.41, 5.74) is 3.15. The summed E-state index contributed by atoms with van der Waals surface area (Å²) in [6.45, 7) is 2.04. The van der Waals surface area contributed by atoms with E-state index >= 15 is 0 Å². The maximum absolute atomic E-state index is 5.10. The van der Waals surface area contributed by atoms with E-state index in [0.717, 1.165) is 16.8 Å². The van der Waals surface area contributed by atoms with Gasteiger partial charge in [0.25, 0.3) is 0 Å². The van der Waals surface area contributed by atoms with Crippen molar-refractivity contribution < 1.29 is 4.74 Å². The maximum atomic E-state index is 5.10. The van der Waals surface area contributed by atoms with Crippen molar-refractivity contribution in [3.05, 3.63) is 35.5 Å². The molecule has 0 amide bonds. The van der Waals surface area contributed by atoms with Gasteiger partial charge < -0.3 is 9.72 Å². The van der Waals surface area contributed by atoms with Crippen molar-refractivity contribution in [3.63, 3.8) is 0 Å². The molecule has 2 rings (SSSR count). The number of hydrogen-bond acceptors (Lipinski definition) is 2. The molecule has 0 aliphatic rings. The lowest BCUT2D eigenvalue weighted by molar-refractivity contribution is 0.414. The third kappa shape index (κ3) is 1.30. The minimum atomic E-state index is 0.513. The molecular weight excluding hydrogens is 194 g/mol. The van der Waals surface area contributed by atoms with Crippen LogP contribution in [0.5, 0.6) is 0 Å². The zero-order valence-corrected chi connectivity index (χ0v) is 8.94. The highest BCUT2D eigenvalue weighted by atomic mass is 32.1. The van der Waals surface area contributed by atoms with Crippen molar-refractivity contribution in [1.82, 2.24) is 4.98 Å². The highest BCUT2D eigenvalue weighted by molar-refractivity contribution is 7.80. The van der Waals surface area contributed by atoms with Crippen LogP contribution < -0.4 is 0 Å². The number of aryl methyl sites for hydroxylation is 1. The molecule has 0 aliphatic heterocycles. The molecule has 3 heteroatoms. The minimum absolute atomic E-state index is 0.513. The average Bonchev–Trinajstić information content (AvgIpc) is 2.56. The molecule has 0 radical (unpaired) electrons. The highest BCUT2D eigenvalue weighted by Crippen LogP contribution is 2.21. The molecule has 72 valence electrons. The van der Waals surface area contributed by atoms with E-state index in [9.17, 15) is 0 Å². The predicted octanol–water partition coefficient (Wildman–Crippen LogP) is 2.80. The second-order valence-corrected chi connectivity index (χ2v) is 3.53. The number of hydrogen-bond donors (Lipinski definition) is 1. The molecule has 2 aromatic rings. The Morgan fingerprint density at radius 3 is 2.71 bits per heavy atom. The quantitative estimate of drug-likeness (QED) is 0.724. The van der Waals surface area contributed by atoms with E-state index in [1.807, 2.05) is 25.1 Å². The first kappa shape index (κ1) is 9.21. The first-order valence-corrected chi connectivity index (χ1v) is 4.80. The summed E-state index contributed by atoms with van der Waals surface area (Å²) < 4.78 is 5.05. The van der Waals surface area contributed by atoms with Crippen LogP contribution in [-0.4, -0.2) is 17.1 Å². The summed E-state index contributed by atoms with van der Waals surface area (Å²) in [5.74, 6) is 0. The van der Waals surface area contributed by atoms with Crippen molar-refractivity contribution in [1.29, 1.82) is 0 Å². The Bertz CT molecular complexity index is 487. The molecule has 1 heterocycles. The van der Waals surface area contributed by atoms with E-state index < -0.39 is 0 Å². The van der Waals surface area contributed by atoms with Gasteiger partial charge in [0, 0.05) is 10.9 Å². The summed E-state index contributed by atoms with van der Waals surface area (Å²) in [7, 11) is 1.59. The lowest BCUT2D eigenvalue weighted by Crippen LogP contribution is -2.01. The van der Waals surface area contributed by atoms with Crippen molar-refractivity contribution in [3.8, 4) is 0 Å². The highest BCUT2D eigenvalue weighted by Gasteiger charge is 2.10. The van der Waals surface area contributed by atoms with Gasteiger partial charge in [0.2, 0.25) is 5.05 Å². The summed E-state index contributed by atoms with van der Waals surface area (Å²) in [6.07, 6.45) is 0. The van der Waals surface area contributed by atoms with E-state index in [0.29, 0.717) is 5.05 Å². The Hall–Kier alpha value is -1.35. The fourth-order valence-electron chi connectivity index (χ4n) is 1.59. The number of nitrogens with one attached hydrogen (secondary N) is 1. The number of benzene rings is 1. The molecule has 0 atom stereocenters. The van der Waals surface area contributed by atoms with Crippen molar-refractivity contribution in [2.75, 3.05) is 7.11 Å². The molecule has 0 aliphatic carbocycles. The predicted molar refractivity (Wildman–Crippen MR) is 61.7 cm³/mol. The van der Waals surface area contributed by atoms with Crippen LogP contribution in [0, 0.1) is 6.92 Å². The summed E-state index contributed by atoms with van der Waals surface area (Å²) >= 11 is 5.10. The first-order valence-electron chi connectivity index (χ1n) is 4.39. The molecule has 1 aromatic carbocycles. The van der Waals surface area contributed by atoms with Gasteiger partial charge in [-0.25, -0.2) is 0 Å². The Morgan fingerprint density at radius 2 is 2.07 bits per heavy atom. The van der Waals surface area contributed by atoms with Crippen molar-refractivity contribution in [2.24, 2.45) is 0 Å². The van der Waals surface area contributed by atoms with Gasteiger partial charge in [0.05, 0.1) is 12.8 Å². The largest absolute Gasteiger partial charge is 0.485 e. The second kappa shape index (κ2) is 3.42. The second-order valence-electron chi connectivity index (χ2n) is 3.16. The third-order valence-electron chi connectivity index (χ3n) is 2.36. The molecule has 1 aromatic heterocycles. The zero-order chi connectivity index (χ0) is 10.1. The van der Waals surface area contributed by atoms with Gasteiger partial charge in [-0.15, -0.1) is 0 Å². The smallest absolute Gasteiger partial charge is 0.207 e. The van der Waals surface area contributed by atoms with Gasteiger partial charge in [-0.2, -0.15) is 0 Å². The van der Waals surface area contributed by atoms with E-state index in [4.69, 9.17) is 17.0 Å². The molecule has 0 fully saturated rings. The van der Waals surface area contributed by atoms with E-state index in [1.54, 1.807) is 7.11 Å². The van der Waals surface area contributed by atoms with Crippen LogP contribution in [0.3, 0.4) is 0 Å². The average molecular weight is 205 g/mol. The number of aromatic nitrogens is 1. The molecular formula is C11H11NOS. The van der Waals surface area contributed by atoms with E-state index in [-0.39, 0.29) is 0 Å². The van der Waals surface area contributed by atoms with Gasteiger partial charge >= 0.3 is 0 Å². The molecule has 0 spiro atoms. The van der Waals surface area contributed by atoms with Crippen LogP contribution in [0.25, 0.3) is 10.9 Å². The van der Waals surface area contributed by atoms with E-state index in [2.05, 4.69) is 11.1 Å². The van der Waals surface area contributed by atoms with Gasteiger partial charge in [0.15, 0.2) is 0 Å². The topological polar surface area (TPSA) is 25.0 Å². The van der Waals surface area contributed by atoms with Crippen LogP contribution in [0.1, 0.15) is 11.3 Å². The lowest BCUT2D eigenvalue weighted by Gasteiger charge is -1.99. The molecule has 0 bridgehead atoms. The number of thiocarbonyl (C=S) groups is 1. The normalized spacial score (nSPS) is 10.4. The number of para-hydroxylation sites is 1. The van der Waals surface area contributed by atoms with Gasteiger partial charge in [0.1, 0.15) is 0 Å². The Morgan fingerprint density at radius 1 is 1.36 bits per heavy atom. The number of H-pyrrole nitrogens is 1. The van der Waals surface area contributed by atoms with Crippen LogP contribution in [0.15, 0.2) is 24.3 Å². The zero-order valence-electron chi connectivity index (χ0n) is 8.13. The Labute approximate surface area is 87.9 Å². The molecule has 14 heavy (non-hydrogen) atoms. The Balaban J connectivity index is 2.68. The number of ether oxygens (including phenoxy) is 1. The number of fused-ring (bicyclic) bond motifs is 1. The van der Waals surface area contributed by atoms with Crippen LogP contribution >= 0.6 is 12.2 Å². The molecule has 2 nitrogen and oxygen atoms in total. The number of rotatable bonds is 1. The first-order chi connectivity index (χ1) is 6.74. The lowest BCUT2D eigenvalue weighted by atomic mass is 10.1. The molecule has 0 saturated carbocycles. The monoisotopic (exact) mass is 205 g/mol. The Kier molecular flexibility index (Phi) is 2.25. The summed E-state index contributed by atoms with van der Waals surface area (Å²) in [6, 6.07) is 8.12. The number of aromatic amines is 1. The fraction of sp³-hybridized carbons (Fsp3) is 0.182. The molecule has 0 unspecified atom stereocenters.